The summed E-state index contributed by atoms with van der Waals surface area (Å²) in [5, 5.41) is 0. The highest BCUT2D eigenvalue weighted by molar-refractivity contribution is 9.10. The summed E-state index contributed by atoms with van der Waals surface area (Å²) in [7, 11) is 1.57. The fraction of sp³-hybridized carbons (Fsp3) is 0.250. The van der Waals surface area contributed by atoms with Crippen molar-refractivity contribution in [3.8, 4) is 5.75 Å². The van der Waals surface area contributed by atoms with E-state index in [0.29, 0.717) is 30.8 Å². The molecule has 2 heterocycles. The maximum Gasteiger partial charge on any atom is 0.291 e. The second kappa shape index (κ2) is 9.48. The second-order valence-corrected chi connectivity index (χ2v) is 8.55. The Balaban J connectivity index is 1.66. The van der Waals surface area contributed by atoms with Gasteiger partial charge in [-0.3, -0.25) is 19.4 Å². The molecule has 0 aliphatic carbocycles. The van der Waals surface area contributed by atoms with Crippen LogP contribution in [0.15, 0.2) is 71.7 Å². The van der Waals surface area contributed by atoms with E-state index >= 15 is 0 Å². The molecule has 3 aromatic rings. The summed E-state index contributed by atoms with van der Waals surface area (Å²) >= 11 is 3.36. The number of ketones is 2. The molecule has 1 amide bonds. The number of benzene rings is 2. The van der Waals surface area contributed by atoms with Gasteiger partial charge in [0.05, 0.1) is 19.7 Å². The smallest absolute Gasteiger partial charge is 0.291 e. The van der Waals surface area contributed by atoms with Gasteiger partial charge in [-0.15, -0.1) is 0 Å². The Morgan fingerprint density at radius 1 is 1.12 bits per heavy atom. The van der Waals surface area contributed by atoms with Gasteiger partial charge in [0.25, 0.3) is 5.91 Å². The number of nitrogens with one attached hydrogen (secondary N) is 1. The molecule has 1 saturated heterocycles. The largest absolute Gasteiger partial charge is 0.497 e. The lowest BCUT2D eigenvalue weighted by molar-refractivity contribution is -0.695. The summed E-state index contributed by atoms with van der Waals surface area (Å²) in [6, 6.07) is 13.4. The fourth-order valence-electron chi connectivity index (χ4n) is 4.08. The molecule has 1 aromatic heterocycles. The van der Waals surface area contributed by atoms with E-state index in [1.807, 2.05) is 35.4 Å². The SMILES string of the molecule is COc1ccc(C2C(C(=O)c3ccc(Br)cc3)C(=O)C(=O)N2CCC[n+]2cc[nH]c2)cc1. The molecule has 1 fully saturated rings. The molecule has 0 saturated carbocycles. The minimum Gasteiger partial charge on any atom is -0.497 e. The predicted molar refractivity (Wildman–Crippen MR) is 120 cm³/mol. The highest BCUT2D eigenvalue weighted by atomic mass is 79.9. The Morgan fingerprint density at radius 2 is 1.84 bits per heavy atom. The standard InChI is InChI=1S/C24H22BrN3O4/c1-32-19-9-5-16(6-10-19)21-20(22(29)17-3-7-18(25)8-4-17)23(30)24(31)28(21)13-2-12-27-14-11-26-15-27/h3-11,14-15,20-21H,2,12-13H2,1H3/p+1. The van der Waals surface area contributed by atoms with Crippen LogP contribution < -0.4 is 9.30 Å². The molecule has 1 N–H and O–H groups in total. The van der Waals surface area contributed by atoms with E-state index in [2.05, 4.69) is 20.9 Å². The molecule has 1 aliphatic rings. The van der Waals surface area contributed by atoms with E-state index in [4.69, 9.17) is 4.74 Å². The van der Waals surface area contributed by atoms with Gasteiger partial charge in [0, 0.05) is 23.0 Å². The van der Waals surface area contributed by atoms with Crippen molar-refractivity contribution >= 4 is 33.4 Å². The van der Waals surface area contributed by atoms with Crippen LogP contribution in [-0.4, -0.2) is 41.0 Å². The Kier molecular flexibility index (Phi) is 6.50. The van der Waals surface area contributed by atoms with Gasteiger partial charge in [-0.1, -0.05) is 40.2 Å². The van der Waals surface area contributed by atoms with E-state index < -0.39 is 23.7 Å². The highest BCUT2D eigenvalue weighted by Crippen LogP contribution is 2.38. The highest BCUT2D eigenvalue weighted by Gasteiger charge is 2.51. The zero-order valence-electron chi connectivity index (χ0n) is 17.5. The monoisotopic (exact) mass is 496 g/mol. The van der Waals surface area contributed by atoms with Crippen LogP contribution >= 0.6 is 15.9 Å². The molecule has 0 spiro atoms. The number of halogens is 1. The minimum atomic E-state index is -1.09. The number of methoxy groups -OCH3 is 1. The average Bonchev–Trinajstić information content (AvgIpc) is 3.41. The zero-order valence-corrected chi connectivity index (χ0v) is 19.1. The molecule has 1 aliphatic heterocycles. The van der Waals surface area contributed by atoms with Gasteiger partial charge in [0.1, 0.15) is 24.1 Å². The van der Waals surface area contributed by atoms with Crippen LogP contribution in [0.1, 0.15) is 28.4 Å². The predicted octanol–water partition coefficient (Wildman–Crippen LogP) is 3.12. The van der Waals surface area contributed by atoms with Crippen molar-refractivity contribution in [3.63, 3.8) is 0 Å². The Labute approximate surface area is 194 Å². The van der Waals surface area contributed by atoms with Crippen LogP contribution in [0.25, 0.3) is 0 Å². The van der Waals surface area contributed by atoms with E-state index in [-0.39, 0.29) is 5.78 Å². The Morgan fingerprint density at radius 3 is 2.47 bits per heavy atom. The molecule has 7 nitrogen and oxygen atoms in total. The molecule has 0 bridgehead atoms. The number of carbonyl (C=O) groups is 3. The second-order valence-electron chi connectivity index (χ2n) is 7.63. The summed E-state index contributed by atoms with van der Waals surface area (Å²) in [4.78, 5) is 43.9. The van der Waals surface area contributed by atoms with Crippen LogP contribution in [-0.2, 0) is 16.1 Å². The summed E-state index contributed by atoms with van der Waals surface area (Å²) in [6.45, 7) is 1.05. The lowest BCUT2D eigenvalue weighted by Gasteiger charge is -2.27. The maximum atomic E-state index is 13.4. The van der Waals surface area contributed by atoms with Crippen molar-refractivity contribution in [1.29, 1.82) is 0 Å². The first-order chi connectivity index (χ1) is 15.5. The van der Waals surface area contributed by atoms with Gasteiger partial charge in [-0.2, -0.15) is 0 Å². The Bertz CT molecular complexity index is 1110. The first-order valence-corrected chi connectivity index (χ1v) is 11.1. The molecular weight excluding hydrogens is 474 g/mol. The van der Waals surface area contributed by atoms with Crippen LogP contribution in [0.3, 0.4) is 0 Å². The molecule has 4 rings (SSSR count). The van der Waals surface area contributed by atoms with E-state index in [1.54, 1.807) is 48.4 Å². The zero-order chi connectivity index (χ0) is 22.7. The summed E-state index contributed by atoms with van der Waals surface area (Å²) < 4.78 is 8.04. The van der Waals surface area contributed by atoms with Crippen LogP contribution in [0, 0.1) is 5.92 Å². The van der Waals surface area contributed by atoms with Gasteiger partial charge >= 0.3 is 0 Å². The van der Waals surface area contributed by atoms with Crippen molar-refractivity contribution < 1.29 is 23.7 Å². The Hall–Kier alpha value is -3.26. The van der Waals surface area contributed by atoms with Crippen LogP contribution in [0.2, 0.25) is 0 Å². The maximum absolute atomic E-state index is 13.4. The number of H-pyrrole nitrogens is 1. The third kappa shape index (κ3) is 4.36. The first kappa shape index (κ1) is 22.0. The molecule has 2 aromatic carbocycles. The lowest BCUT2D eigenvalue weighted by Crippen LogP contribution is -2.36. The normalized spacial score (nSPS) is 18.2. The third-order valence-electron chi connectivity index (χ3n) is 5.69. The molecule has 2 atom stereocenters. The van der Waals surface area contributed by atoms with Gasteiger partial charge in [0.2, 0.25) is 12.1 Å². The van der Waals surface area contributed by atoms with Crippen LogP contribution in [0.4, 0.5) is 0 Å². The van der Waals surface area contributed by atoms with E-state index in [0.717, 1.165) is 10.0 Å². The average molecular weight is 497 g/mol. The van der Waals surface area contributed by atoms with Gasteiger partial charge in [-0.25, -0.2) is 4.57 Å². The topological polar surface area (TPSA) is 83.3 Å². The van der Waals surface area contributed by atoms with Crippen molar-refractivity contribution in [2.45, 2.75) is 19.0 Å². The molecular formula is C24H23BrN3O4+. The summed E-state index contributed by atoms with van der Waals surface area (Å²) in [5.74, 6) is -2.04. The number of nitrogens with zero attached hydrogens (tertiary/aromatic N) is 2. The minimum absolute atomic E-state index is 0.348. The summed E-state index contributed by atoms with van der Waals surface area (Å²) in [5.41, 5.74) is 1.14. The van der Waals surface area contributed by atoms with Gasteiger partial charge in [0.15, 0.2) is 5.78 Å². The van der Waals surface area contributed by atoms with Crippen molar-refractivity contribution in [1.82, 2.24) is 9.88 Å². The number of aryl methyl sites for hydroxylation is 1. The number of rotatable bonds is 8. The number of aromatic nitrogens is 2. The first-order valence-electron chi connectivity index (χ1n) is 10.3. The number of aromatic amines is 1. The number of imidazole rings is 1. The molecule has 164 valence electrons. The number of hydrogen-bond acceptors (Lipinski definition) is 4. The van der Waals surface area contributed by atoms with E-state index in [9.17, 15) is 14.4 Å². The van der Waals surface area contributed by atoms with Gasteiger partial charge < -0.3 is 9.64 Å². The molecule has 2 unspecified atom stereocenters. The number of Topliss-reactive ketones (excluding diaryl/α,β-unsaturated/α-hetero) is 2. The number of hydrogen-bond donors (Lipinski definition) is 1. The molecule has 32 heavy (non-hydrogen) atoms. The number of ether oxygens (including phenoxy) is 1. The lowest BCUT2D eigenvalue weighted by atomic mass is 9.86. The van der Waals surface area contributed by atoms with Crippen molar-refractivity contribution in [2.75, 3.05) is 13.7 Å². The summed E-state index contributed by atoms with van der Waals surface area (Å²) in [6.07, 6.45) is 6.19. The van der Waals surface area contributed by atoms with Crippen molar-refractivity contribution in [3.05, 3.63) is 82.9 Å². The number of likely N-dealkylation sites (tertiary alicyclic amines) is 1. The van der Waals surface area contributed by atoms with Crippen molar-refractivity contribution in [2.24, 2.45) is 5.92 Å². The van der Waals surface area contributed by atoms with Gasteiger partial charge in [-0.05, 0) is 29.8 Å². The molecule has 0 radical (unpaired) electrons. The number of amides is 1. The van der Waals surface area contributed by atoms with Crippen LogP contribution in [0.5, 0.6) is 5.75 Å². The molecule has 8 heteroatoms. The van der Waals surface area contributed by atoms with E-state index in [1.165, 1.54) is 0 Å². The fourth-order valence-corrected chi connectivity index (χ4v) is 4.34. The number of carbonyl (C=O) groups excluding carboxylic acids is 3. The third-order valence-corrected chi connectivity index (χ3v) is 6.22. The quantitative estimate of drug-likeness (QED) is 0.225.